The van der Waals surface area contributed by atoms with Crippen LogP contribution in [0.5, 0.6) is 0 Å². The second-order valence-corrected chi connectivity index (χ2v) is 7.39. The minimum atomic E-state index is -0.521. The van der Waals surface area contributed by atoms with Gasteiger partial charge in [0, 0.05) is 32.2 Å². The van der Waals surface area contributed by atoms with Crippen molar-refractivity contribution in [2.75, 3.05) is 13.7 Å². The summed E-state index contributed by atoms with van der Waals surface area (Å²) in [5.41, 5.74) is 0. The number of amides is 1. The highest BCUT2D eigenvalue weighted by Gasteiger charge is 2.28. The van der Waals surface area contributed by atoms with Crippen molar-refractivity contribution in [1.82, 2.24) is 4.90 Å². The lowest BCUT2D eigenvalue weighted by Gasteiger charge is -2.23. The summed E-state index contributed by atoms with van der Waals surface area (Å²) in [5, 5.41) is 10.5. The van der Waals surface area contributed by atoms with Gasteiger partial charge in [-0.05, 0) is 31.6 Å². The largest absolute Gasteiger partial charge is 0.469 e. The highest BCUT2D eigenvalue weighted by Crippen LogP contribution is 2.22. The van der Waals surface area contributed by atoms with Gasteiger partial charge in [-0.1, -0.05) is 38.8 Å². The number of nitrogens with zero attached hydrogens (tertiary/aromatic N) is 1. The van der Waals surface area contributed by atoms with Crippen LogP contribution in [0.3, 0.4) is 0 Å². The average Bonchev–Trinajstić information content (AvgIpc) is 3.05. The average molecular weight is 392 g/mol. The molecule has 1 aliphatic rings. The molecule has 28 heavy (non-hydrogen) atoms. The normalized spacial score (nSPS) is 18.8. The van der Waals surface area contributed by atoms with Crippen molar-refractivity contribution in [1.29, 1.82) is 0 Å². The summed E-state index contributed by atoms with van der Waals surface area (Å²) in [6, 6.07) is 0.0800. The summed E-state index contributed by atoms with van der Waals surface area (Å²) in [7, 11) is 1.41. The maximum atomic E-state index is 12.2. The van der Waals surface area contributed by atoms with Crippen LogP contribution in [0.1, 0.15) is 78.1 Å². The second-order valence-electron chi connectivity index (χ2n) is 7.39. The quantitative estimate of drug-likeness (QED) is 0.237. The molecule has 0 aliphatic carbocycles. The van der Waals surface area contributed by atoms with Crippen molar-refractivity contribution in [3.05, 3.63) is 12.2 Å². The van der Waals surface area contributed by atoms with E-state index in [-0.39, 0.29) is 23.8 Å². The molecular weight excluding hydrogens is 354 g/mol. The number of aliphatic hydroxyl groups excluding tert-OH is 1. The fourth-order valence-electron chi connectivity index (χ4n) is 3.49. The van der Waals surface area contributed by atoms with Gasteiger partial charge < -0.3 is 14.7 Å². The molecule has 1 heterocycles. The minimum absolute atomic E-state index is 0.0800. The van der Waals surface area contributed by atoms with Crippen molar-refractivity contribution in [3.8, 4) is 11.8 Å². The summed E-state index contributed by atoms with van der Waals surface area (Å²) >= 11 is 0. The first-order chi connectivity index (χ1) is 13.5. The highest BCUT2D eigenvalue weighted by molar-refractivity contribution is 5.79. The number of unbranched alkanes of at least 4 members (excludes halogenated alkanes) is 3. The maximum absolute atomic E-state index is 12.2. The van der Waals surface area contributed by atoms with Crippen molar-refractivity contribution in [3.63, 3.8) is 0 Å². The Hall–Kier alpha value is -1.80. The van der Waals surface area contributed by atoms with E-state index < -0.39 is 6.10 Å². The lowest BCUT2D eigenvalue weighted by Crippen LogP contribution is -2.33. The number of hydrogen-bond donors (Lipinski definition) is 1. The molecule has 1 fully saturated rings. The van der Waals surface area contributed by atoms with Crippen molar-refractivity contribution < 1.29 is 19.4 Å². The predicted octanol–water partition coefficient (Wildman–Crippen LogP) is 3.85. The number of aliphatic hydroxyl groups is 1. The van der Waals surface area contributed by atoms with Crippen molar-refractivity contribution in [2.45, 2.75) is 90.2 Å². The van der Waals surface area contributed by atoms with Crippen LogP contribution >= 0.6 is 0 Å². The Morgan fingerprint density at radius 3 is 2.71 bits per heavy atom. The SMILES string of the molecule is CCC#CC[C@H](CC)[C@@H](O)C=C[C@H]1CCC(=O)N1CCCCCCC(=O)OC. The third-order valence-electron chi connectivity index (χ3n) is 5.34. The van der Waals surface area contributed by atoms with E-state index in [1.54, 1.807) is 0 Å². The molecule has 158 valence electrons. The Morgan fingerprint density at radius 2 is 2.04 bits per heavy atom. The molecule has 5 nitrogen and oxygen atoms in total. The van der Waals surface area contributed by atoms with E-state index in [1.807, 2.05) is 24.0 Å². The minimum Gasteiger partial charge on any atom is -0.469 e. The fourth-order valence-corrected chi connectivity index (χ4v) is 3.49. The standard InChI is InChI=1S/C23H37NO4/c1-4-6-9-12-19(5-2)21(25)16-14-20-15-17-22(26)24(20)18-11-8-7-10-13-23(27)28-3/h14,16,19-21,25H,4-5,7-8,10-13,15,17-18H2,1-3H3/t19-,20-,21-/m0/s1. The second kappa shape index (κ2) is 14.2. The third-order valence-corrected chi connectivity index (χ3v) is 5.34. The van der Waals surface area contributed by atoms with Crippen LogP contribution in [0.25, 0.3) is 0 Å². The van der Waals surface area contributed by atoms with Crippen LogP contribution in [0.2, 0.25) is 0 Å². The Bertz CT molecular complexity index is 561. The molecule has 0 aromatic rings. The molecule has 1 rings (SSSR count). The smallest absolute Gasteiger partial charge is 0.305 e. The summed E-state index contributed by atoms with van der Waals surface area (Å²) in [5.74, 6) is 6.36. The summed E-state index contributed by atoms with van der Waals surface area (Å²) in [6.45, 7) is 4.83. The predicted molar refractivity (Wildman–Crippen MR) is 111 cm³/mol. The van der Waals surface area contributed by atoms with Gasteiger partial charge in [0.25, 0.3) is 0 Å². The van der Waals surface area contributed by atoms with Gasteiger partial charge in [-0.2, -0.15) is 0 Å². The van der Waals surface area contributed by atoms with E-state index in [9.17, 15) is 14.7 Å². The molecule has 1 amide bonds. The zero-order valence-electron chi connectivity index (χ0n) is 17.8. The van der Waals surface area contributed by atoms with Crippen LogP contribution < -0.4 is 0 Å². The lowest BCUT2D eigenvalue weighted by molar-refractivity contribution is -0.140. The van der Waals surface area contributed by atoms with Crippen molar-refractivity contribution >= 4 is 11.9 Å². The van der Waals surface area contributed by atoms with E-state index in [2.05, 4.69) is 23.5 Å². The zero-order chi connectivity index (χ0) is 20.8. The Morgan fingerprint density at radius 1 is 1.29 bits per heavy atom. The molecule has 3 atom stereocenters. The molecular formula is C23H37NO4. The molecule has 0 spiro atoms. The molecule has 1 saturated heterocycles. The maximum Gasteiger partial charge on any atom is 0.305 e. The molecule has 1 N–H and O–H groups in total. The molecule has 0 aromatic carbocycles. The highest BCUT2D eigenvalue weighted by atomic mass is 16.5. The number of carbonyl (C=O) groups excluding carboxylic acids is 2. The van der Waals surface area contributed by atoms with Crippen LogP contribution in [0.15, 0.2) is 12.2 Å². The van der Waals surface area contributed by atoms with E-state index in [1.165, 1.54) is 7.11 Å². The molecule has 0 bridgehead atoms. The molecule has 5 heteroatoms. The topological polar surface area (TPSA) is 66.8 Å². The van der Waals surface area contributed by atoms with Gasteiger partial charge in [0.2, 0.25) is 5.91 Å². The van der Waals surface area contributed by atoms with E-state index in [4.69, 9.17) is 0 Å². The summed E-state index contributed by atoms with van der Waals surface area (Å²) in [6.07, 6.45) is 11.3. The Balaban J connectivity index is 2.43. The number of rotatable bonds is 12. The van der Waals surface area contributed by atoms with Gasteiger partial charge in [-0.15, -0.1) is 11.8 Å². The van der Waals surface area contributed by atoms with Gasteiger partial charge in [-0.3, -0.25) is 9.59 Å². The van der Waals surface area contributed by atoms with Crippen LogP contribution in [-0.2, 0) is 14.3 Å². The number of likely N-dealkylation sites (tertiary alicyclic amines) is 1. The number of esters is 1. The van der Waals surface area contributed by atoms with E-state index in [0.29, 0.717) is 19.3 Å². The molecule has 0 unspecified atom stereocenters. The van der Waals surface area contributed by atoms with Gasteiger partial charge in [0.15, 0.2) is 0 Å². The summed E-state index contributed by atoms with van der Waals surface area (Å²) < 4.78 is 4.64. The number of carbonyl (C=O) groups is 2. The lowest BCUT2D eigenvalue weighted by atomic mass is 9.95. The first-order valence-electron chi connectivity index (χ1n) is 10.7. The Kier molecular flexibility index (Phi) is 12.3. The molecule has 1 aliphatic heterocycles. The number of ether oxygens (including phenoxy) is 1. The van der Waals surface area contributed by atoms with Gasteiger partial charge >= 0.3 is 5.97 Å². The first kappa shape index (κ1) is 24.2. The first-order valence-corrected chi connectivity index (χ1v) is 10.7. The van der Waals surface area contributed by atoms with E-state index in [0.717, 1.165) is 51.5 Å². The van der Waals surface area contributed by atoms with Gasteiger partial charge in [0.05, 0.1) is 19.3 Å². The van der Waals surface area contributed by atoms with Crippen LogP contribution in [0.4, 0.5) is 0 Å². The van der Waals surface area contributed by atoms with E-state index >= 15 is 0 Å². The van der Waals surface area contributed by atoms with Crippen molar-refractivity contribution in [2.24, 2.45) is 5.92 Å². The number of methoxy groups -OCH3 is 1. The molecule has 0 aromatic heterocycles. The fraction of sp³-hybridized carbons (Fsp3) is 0.739. The zero-order valence-corrected chi connectivity index (χ0v) is 17.8. The monoisotopic (exact) mass is 391 g/mol. The van der Waals surface area contributed by atoms with Crippen LogP contribution in [-0.4, -0.2) is 47.7 Å². The summed E-state index contributed by atoms with van der Waals surface area (Å²) in [4.78, 5) is 25.2. The number of hydrogen-bond acceptors (Lipinski definition) is 4. The van der Waals surface area contributed by atoms with Crippen LogP contribution in [0, 0.1) is 17.8 Å². The molecule has 0 saturated carbocycles. The third kappa shape index (κ3) is 8.93. The molecule has 0 radical (unpaired) electrons. The Labute approximate surface area is 170 Å². The van der Waals surface area contributed by atoms with Gasteiger partial charge in [0.1, 0.15) is 0 Å². The van der Waals surface area contributed by atoms with Gasteiger partial charge in [-0.25, -0.2) is 0 Å².